The van der Waals surface area contributed by atoms with Gasteiger partial charge in [-0.1, -0.05) is 0 Å². The lowest BCUT2D eigenvalue weighted by Gasteiger charge is -2.19. The van der Waals surface area contributed by atoms with Crippen molar-refractivity contribution in [1.82, 2.24) is 5.32 Å². The second-order valence-corrected chi connectivity index (χ2v) is 4.99. The molecular formula is C12H14N2O5. The van der Waals surface area contributed by atoms with E-state index in [0.717, 1.165) is 18.2 Å². The first-order valence-electron chi connectivity index (χ1n) is 5.46. The van der Waals surface area contributed by atoms with E-state index in [4.69, 9.17) is 0 Å². The zero-order valence-corrected chi connectivity index (χ0v) is 10.8. The highest BCUT2D eigenvalue weighted by atomic mass is 16.6. The van der Waals surface area contributed by atoms with Gasteiger partial charge in [0.2, 0.25) is 0 Å². The van der Waals surface area contributed by atoms with Crippen molar-refractivity contribution in [2.24, 2.45) is 0 Å². The van der Waals surface area contributed by atoms with Crippen molar-refractivity contribution in [3.05, 3.63) is 33.9 Å². The maximum atomic E-state index is 11.8. The number of nitro groups is 1. The standard InChI is InChI=1S/C12H14N2O5/c1-12(2,3)13-11(17)10(16)8-6-7(14(18)19)4-5-9(8)15/h4-6,15H,1-3H3,(H,13,17). The van der Waals surface area contributed by atoms with Gasteiger partial charge in [0.1, 0.15) is 5.75 Å². The maximum Gasteiger partial charge on any atom is 0.292 e. The van der Waals surface area contributed by atoms with Gasteiger partial charge in [-0.3, -0.25) is 19.7 Å². The third-order valence-electron chi connectivity index (χ3n) is 2.13. The van der Waals surface area contributed by atoms with Gasteiger partial charge in [0.05, 0.1) is 10.5 Å². The van der Waals surface area contributed by atoms with Gasteiger partial charge in [0, 0.05) is 17.7 Å². The van der Waals surface area contributed by atoms with E-state index in [2.05, 4.69) is 5.32 Å². The number of nitrogens with zero attached hydrogens (tertiary/aromatic N) is 1. The summed E-state index contributed by atoms with van der Waals surface area (Å²) in [6.45, 7) is 5.06. The minimum absolute atomic E-state index is 0.371. The van der Waals surface area contributed by atoms with E-state index in [1.165, 1.54) is 0 Å². The van der Waals surface area contributed by atoms with Crippen LogP contribution in [0, 0.1) is 10.1 Å². The average molecular weight is 266 g/mol. The largest absolute Gasteiger partial charge is 0.507 e. The molecule has 0 aliphatic carbocycles. The van der Waals surface area contributed by atoms with Crippen LogP contribution in [0.15, 0.2) is 18.2 Å². The summed E-state index contributed by atoms with van der Waals surface area (Å²) < 4.78 is 0. The molecule has 1 amide bonds. The number of phenols is 1. The van der Waals surface area contributed by atoms with Crippen LogP contribution in [0.1, 0.15) is 31.1 Å². The van der Waals surface area contributed by atoms with Gasteiger partial charge in [-0.15, -0.1) is 0 Å². The van der Waals surface area contributed by atoms with Gasteiger partial charge in [0.15, 0.2) is 0 Å². The zero-order chi connectivity index (χ0) is 14.8. The van der Waals surface area contributed by atoms with Crippen molar-refractivity contribution in [2.75, 3.05) is 0 Å². The molecule has 0 aliphatic heterocycles. The molecule has 0 spiro atoms. The molecule has 1 aromatic carbocycles. The normalized spacial score (nSPS) is 10.9. The average Bonchev–Trinajstić information content (AvgIpc) is 2.26. The zero-order valence-electron chi connectivity index (χ0n) is 10.8. The summed E-state index contributed by atoms with van der Waals surface area (Å²) in [5.74, 6) is -2.42. The topological polar surface area (TPSA) is 110 Å². The van der Waals surface area contributed by atoms with Crippen LogP contribution in [0.25, 0.3) is 0 Å². The highest BCUT2D eigenvalue weighted by Gasteiger charge is 2.25. The van der Waals surface area contributed by atoms with Crippen molar-refractivity contribution >= 4 is 17.4 Å². The Hall–Kier alpha value is -2.44. The van der Waals surface area contributed by atoms with Crippen LogP contribution in [0.4, 0.5) is 5.69 Å². The van der Waals surface area contributed by atoms with Crippen LogP contribution in [-0.2, 0) is 4.79 Å². The first kappa shape index (κ1) is 14.6. The maximum absolute atomic E-state index is 11.8. The second-order valence-electron chi connectivity index (χ2n) is 4.99. The van der Waals surface area contributed by atoms with E-state index < -0.39 is 33.5 Å². The lowest BCUT2D eigenvalue weighted by atomic mass is 10.1. The molecule has 0 bridgehead atoms. The molecule has 0 fully saturated rings. The lowest BCUT2D eigenvalue weighted by molar-refractivity contribution is -0.384. The van der Waals surface area contributed by atoms with E-state index in [0.29, 0.717) is 0 Å². The molecule has 7 heteroatoms. The molecule has 0 aliphatic rings. The molecule has 0 aromatic heterocycles. The second kappa shape index (κ2) is 5.05. The number of non-ortho nitro benzene ring substituents is 1. The number of benzene rings is 1. The Kier molecular flexibility index (Phi) is 3.89. The summed E-state index contributed by atoms with van der Waals surface area (Å²) >= 11 is 0. The van der Waals surface area contributed by atoms with Crippen molar-refractivity contribution in [3.63, 3.8) is 0 Å². The van der Waals surface area contributed by atoms with Crippen LogP contribution in [0.5, 0.6) is 5.75 Å². The monoisotopic (exact) mass is 266 g/mol. The van der Waals surface area contributed by atoms with Crippen molar-refractivity contribution in [2.45, 2.75) is 26.3 Å². The number of nitrogens with one attached hydrogen (secondary N) is 1. The van der Waals surface area contributed by atoms with E-state index in [1.807, 2.05) is 0 Å². The summed E-state index contributed by atoms with van der Waals surface area (Å²) in [6.07, 6.45) is 0. The number of hydrogen-bond acceptors (Lipinski definition) is 5. The Morgan fingerprint density at radius 2 is 1.89 bits per heavy atom. The van der Waals surface area contributed by atoms with Crippen LogP contribution < -0.4 is 5.32 Å². The molecule has 19 heavy (non-hydrogen) atoms. The quantitative estimate of drug-likeness (QED) is 0.372. The number of rotatable bonds is 3. The summed E-state index contributed by atoms with van der Waals surface area (Å²) in [7, 11) is 0. The Morgan fingerprint density at radius 3 is 2.37 bits per heavy atom. The van der Waals surface area contributed by atoms with Gasteiger partial charge in [-0.25, -0.2) is 0 Å². The smallest absolute Gasteiger partial charge is 0.292 e. The molecule has 7 nitrogen and oxygen atoms in total. The number of Topliss-reactive ketones (excluding diaryl/α,β-unsaturated/α-hetero) is 1. The first-order chi connectivity index (χ1) is 8.61. The molecule has 0 saturated heterocycles. The molecule has 0 heterocycles. The minimum atomic E-state index is -1.02. The molecule has 1 rings (SSSR count). The third kappa shape index (κ3) is 3.77. The minimum Gasteiger partial charge on any atom is -0.507 e. The molecule has 0 unspecified atom stereocenters. The Labute approximate surface area is 109 Å². The number of phenolic OH excluding ortho intramolecular Hbond substituents is 1. The Balaban J connectivity index is 3.09. The number of amides is 1. The lowest BCUT2D eigenvalue weighted by Crippen LogP contribution is -2.44. The fraction of sp³-hybridized carbons (Fsp3) is 0.333. The number of ketones is 1. The SMILES string of the molecule is CC(C)(C)NC(=O)C(=O)c1cc([N+](=O)[O-])ccc1O. The summed E-state index contributed by atoms with van der Waals surface area (Å²) in [5.41, 5.74) is -1.39. The van der Waals surface area contributed by atoms with Crippen LogP contribution >= 0.6 is 0 Å². The predicted octanol–water partition coefficient (Wildman–Crippen LogP) is 1.40. The fourth-order valence-electron chi connectivity index (χ4n) is 1.34. The highest BCUT2D eigenvalue weighted by Crippen LogP contribution is 2.23. The van der Waals surface area contributed by atoms with E-state index in [9.17, 15) is 24.8 Å². The Morgan fingerprint density at radius 1 is 1.32 bits per heavy atom. The van der Waals surface area contributed by atoms with E-state index in [1.54, 1.807) is 20.8 Å². The Bertz CT molecular complexity index is 546. The molecule has 102 valence electrons. The first-order valence-corrected chi connectivity index (χ1v) is 5.46. The van der Waals surface area contributed by atoms with Gasteiger partial charge in [-0.2, -0.15) is 0 Å². The summed E-state index contributed by atoms with van der Waals surface area (Å²) in [5, 5.41) is 22.5. The molecular weight excluding hydrogens is 252 g/mol. The predicted molar refractivity (Wildman–Crippen MR) is 67.0 cm³/mol. The molecule has 0 saturated carbocycles. The van der Waals surface area contributed by atoms with E-state index >= 15 is 0 Å². The van der Waals surface area contributed by atoms with Gasteiger partial charge >= 0.3 is 0 Å². The van der Waals surface area contributed by atoms with Crippen molar-refractivity contribution < 1.29 is 19.6 Å². The number of carbonyl (C=O) groups excluding carboxylic acids is 2. The number of aromatic hydroxyl groups is 1. The van der Waals surface area contributed by atoms with Crippen LogP contribution in [0.3, 0.4) is 0 Å². The fourth-order valence-corrected chi connectivity index (χ4v) is 1.34. The number of carbonyl (C=O) groups is 2. The number of nitro benzene ring substituents is 1. The van der Waals surface area contributed by atoms with Gasteiger partial charge < -0.3 is 10.4 Å². The van der Waals surface area contributed by atoms with Crippen LogP contribution in [0.2, 0.25) is 0 Å². The van der Waals surface area contributed by atoms with Gasteiger partial charge in [-0.05, 0) is 26.8 Å². The molecule has 1 aromatic rings. The molecule has 0 atom stereocenters. The van der Waals surface area contributed by atoms with Crippen molar-refractivity contribution in [1.29, 1.82) is 0 Å². The van der Waals surface area contributed by atoms with E-state index in [-0.39, 0.29) is 5.69 Å². The highest BCUT2D eigenvalue weighted by molar-refractivity contribution is 6.43. The number of hydrogen-bond donors (Lipinski definition) is 2. The molecule has 2 N–H and O–H groups in total. The van der Waals surface area contributed by atoms with Gasteiger partial charge in [0.25, 0.3) is 17.4 Å². The molecule has 0 radical (unpaired) electrons. The third-order valence-corrected chi connectivity index (χ3v) is 2.13. The van der Waals surface area contributed by atoms with Crippen molar-refractivity contribution in [3.8, 4) is 5.75 Å². The van der Waals surface area contributed by atoms with Crippen LogP contribution in [-0.4, -0.2) is 27.3 Å². The summed E-state index contributed by atoms with van der Waals surface area (Å²) in [6, 6.07) is 2.93. The summed E-state index contributed by atoms with van der Waals surface area (Å²) in [4.78, 5) is 33.4.